The van der Waals surface area contributed by atoms with Gasteiger partial charge in [0.15, 0.2) is 0 Å². The second-order valence-electron chi connectivity index (χ2n) is 6.67. The molecular formula is C22H18N4OS2. The van der Waals surface area contributed by atoms with E-state index in [-0.39, 0.29) is 17.2 Å². The van der Waals surface area contributed by atoms with Gasteiger partial charge in [-0.3, -0.25) is 4.79 Å². The Bertz CT molecular complexity index is 1090. The fourth-order valence-corrected chi connectivity index (χ4v) is 5.41. The first-order valence-corrected chi connectivity index (χ1v) is 11.2. The number of carbonyl (C=O) groups excluding carboxylic acids is 1. The number of nitrogens with zero attached hydrogens (tertiary/aromatic N) is 4. The molecule has 1 aliphatic carbocycles. The third-order valence-corrected chi connectivity index (χ3v) is 6.97. The molecule has 2 atom stereocenters. The van der Waals surface area contributed by atoms with Crippen LogP contribution in [0.4, 0.5) is 5.69 Å². The van der Waals surface area contributed by atoms with Crippen LogP contribution in [0.25, 0.3) is 5.69 Å². The molecular weight excluding hydrogens is 400 g/mol. The average Bonchev–Trinajstić information content (AvgIpc) is 3.25. The number of thioether (sulfide) groups is 2. The summed E-state index contributed by atoms with van der Waals surface area (Å²) in [6, 6.07) is 18.0. The highest BCUT2D eigenvalue weighted by Gasteiger charge is 2.36. The first-order chi connectivity index (χ1) is 14.3. The summed E-state index contributed by atoms with van der Waals surface area (Å²) >= 11 is 3.18. The Kier molecular flexibility index (Phi) is 4.99. The largest absolute Gasteiger partial charge is 0.302 e. The molecule has 5 nitrogen and oxygen atoms in total. The Balaban J connectivity index is 1.34. The van der Waals surface area contributed by atoms with Crippen LogP contribution in [0, 0.1) is 0 Å². The van der Waals surface area contributed by atoms with Crippen LogP contribution >= 0.6 is 23.5 Å². The minimum atomic E-state index is 0.0304. The molecule has 144 valence electrons. The fraction of sp³-hybridized carbons (Fsp3) is 0.136. The van der Waals surface area contributed by atoms with Crippen molar-refractivity contribution in [3.05, 3.63) is 85.2 Å². The van der Waals surface area contributed by atoms with Crippen molar-refractivity contribution in [3.8, 4) is 5.69 Å². The van der Waals surface area contributed by atoms with Gasteiger partial charge in [-0.05, 0) is 24.3 Å². The molecule has 7 heteroatoms. The summed E-state index contributed by atoms with van der Waals surface area (Å²) in [7, 11) is 0. The topological polar surface area (TPSA) is 51.0 Å². The van der Waals surface area contributed by atoms with Crippen molar-refractivity contribution in [2.75, 3.05) is 10.7 Å². The van der Waals surface area contributed by atoms with Gasteiger partial charge in [-0.2, -0.15) is 0 Å². The van der Waals surface area contributed by atoms with Gasteiger partial charge in [-0.25, -0.2) is 9.67 Å². The zero-order valence-electron chi connectivity index (χ0n) is 15.5. The predicted molar refractivity (Wildman–Crippen MR) is 118 cm³/mol. The summed E-state index contributed by atoms with van der Waals surface area (Å²) < 4.78 is 1.73. The predicted octanol–water partition coefficient (Wildman–Crippen LogP) is 4.36. The van der Waals surface area contributed by atoms with E-state index in [0.717, 1.165) is 16.3 Å². The summed E-state index contributed by atoms with van der Waals surface area (Å²) in [5.74, 6) is 0.354. The van der Waals surface area contributed by atoms with Gasteiger partial charge >= 0.3 is 0 Å². The van der Waals surface area contributed by atoms with E-state index < -0.39 is 0 Å². The molecule has 0 spiro atoms. The monoisotopic (exact) mass is 418 g/mol. The highest BCUT2D eigenvalue weighted by atomic mass is 32.2. The Morgan fingerprint density at radius 1 is 1.03 bits per heavy atom. The van der Waals surface area contributed by atoms with Gasteiger partial charge < -0.3 is 4.90 Å². The quantitative estimate of drug-likeness (QED) is 0.589. The number of amides is 1. The number of hydrogen-bond acceptors (Lipinski definition) is 5. The molecule has 0 unspecified atom stereocenters. The molecule has 2 heterocycles. The summed E-state index contributed by atoms with van der Waals surface area (Å²) in [6.45, 7) is 0. The zero-order chi connectivity index (χ0) is 19.6. The van der Waals surface area contributed by atoms with Crippen molar-refractivity contribution in [2.24, 2.45) is 0 Å². The van der Waals surface area contributed by atoms with Crippen LogP contribution in [-0.2, 0) is 4.79 Å². The highest BCUT2D eigenvalue weighted by Crippen LogP contribution is 2.43. The van der Waals surface area contributed by atoms with Gasteiger partial charge in [0.25, 0.3) is 0 Å². The van der Waals surface area contributed by atoms with E-state index in [1.165, 1.54) is 11.8 Å². The molecule has 0 saturated heterocycles. The van der Waals surface area contributed by atoms with E-state index in [0.29, 0.717) is 10.9 Å². The van der Waals surface area contributed by atoms with Gasteiger partial charge in [0.1, 0.15) is 6.33 Å². The lowest BCUT2D eigenvalue weighted by atomic mass is 10.0. The van der Waals surface area contributed by atoms with Crippen molar-refractivity contribution in [1.82, 2.24) is 14.8 Å². The number of hydrogen-bond donors (Lipinski definition) is 0. The van der Waals surface area contributed by atoms with Crippen molar-refractivity contribution in [2.45, 2.75) is 21.3 Å². The number of aromatic nitrogens is 3. The molecule has 0 fully saturated rings. The third kappa shape index (κ3) is 3.63. The van der Waals surface area contributed by atoms with Gasteiger partial charge in [-0.15, -0.1) is 16.9 Å². The zero-order valence-corrected chi connectivity index (χ0v) is 17.1. The Hall–Kier alpha value is -2.77. The molecule has 1 aliphatic heterocycles. The molecule has 0 radical (unpaired) electrons. The van der Waals surface area contributed by atoms with Crippen molar-refractivity contribution in [1.29, 1.82) is 0 Å². The van der Waals surface area contributed by atoms with Gasteiger partial charge in [-0.1, -0.05) is 66.4 Å². The lowest BCUT2D eigenvalue weighted by Gasteiger charge is -2.40. The standard InChI is InChI=1S/C22H18N4OS2/c27-21(14-28-22-23-15-25(24-22)16-8-2-1-3-9-16)26-17-10-4-6-12-19(17)29-20-13-7-5-11-18(20)26/h1-13,15,17,19H,14H2/t17-,19+/m1/s1. The Morgan fingerprint density at radius 3 is 2.72 bits per heavy atom. The molecule has 1 amide bonds. The maximum Gasteiger partial charge on any atom is 0.238 e. The van der Waals surface area contributed by atoms with E-state index in [4.69, 9.17) is 0 Å². The number of para-hydroxylation sites is 2. The molecule has 0 bridgehead atoms. The maximum atomic E-state index is 13.2. The molecule has 2 aromatic carbocycles. The summed E-state index contributed by atoms with van der Waals surface area (Å²) in [5, 5.41) is 5.32. The smallest absolute Gasteiger partial charge is 0.238 e. The minimum absolute atomic E-state index is 0.0304. The molecule has 3 aromatic rings. The van der Waals surface area contributed by atoms with Crippen LogP contribution in [0.5, 0.6) is 0 Å². The second kappa shape index (κ2) is 7.93. The van der Waals surface area contributed by atoms with Crippen LogP contribution < -0.4 is 4.90 Å². The number of benzene rings is 2. The van der Waals surface area contributed by atoms with Crippen molar-refractivity contribution in [3.63, 3.8) is 0 Å². The number of anilines is 1. The first kappa shape index (κ1) is 18.3. The van der Waals surface area contributed by atoms with E-state index in [1.54, 1.807) is 11.0 Å². The van der Waals surface area contributed by atoms with E-state index >= 15 is 0 Å². The summed E-state index contributed by atoms with van der Waals surface area (Å²) in [4.78, 5) is 20.7. The minimum Gasteiger partial charge on any atom is -0.302 e. The fourth-order valence-electron chi connectivity index (χ4n) is 3.50. The van der Waals surface area contributed by atoms with Crippen LogP contribution in [-0.4, -0.2) is 37.7 Å². The van der Waals surface area contributed by atoms with E-state index in [2.05, 4.69) is 34.4 Å². The third-order valence-electron chi connectivity index (χ3n) is 4.83. The van der Waals surface area contributed by atoms with Crippen molar-refractivity contribution >= 4 is 35.1 Å². The molecule has 29 heavy (non-hydrogen) atoms. The lowest BCUT2D eigenvalue weighted by molar-refractivity contribution is -0.116. The second-order valence-corrected chi connectivity index (χ2v) is 8.83. The van der Waals surface area contributed by atoms with E-state index in [9.17, 15) is 4.79 Å². The van der Waals surface area contributed by atoms with Gasteiger partial charge in [0.2, 0.25) is 11.1 Å². The molecule has 1 aromatic heterocycles. The van der Waals surface area contributed by atoms with Crippen LogP contribution in [0.3, 0.4) is 0 Å². The first-order valence-electron chi connectivity index (χ1n) is 9.32. The van der Waals surface area contributed by atoms with Crippen LogP contribution in [0.2, 0.25) is 0 Å². The molecule has 0 N–H and O–H groups in total. The Morgan fingerprint density at radius 2 is 1.83 bits per heavy atom. The van der Waals surface area contributed by atoms with Crippen molar-refractivity contribution < 1.29 is 4.79 Å². The highest BCUT2D eigenvalue weighted by molar-refractivity contribution is 8.00. The number of fused-ring (bicyclic) bond motifs is 2. The summed E-state index contributed by atoms with van der Waals surface area (Å²) in [6.07, 6.45) is 10.0. The lowest BCUT2D eigenvalue weighted by Crippen LogP contribution is -2.48. The maximum absolute atomic E-state index is 13.2. The molecule has 5 rings (SSSR count). The number of rotatable bonds is 4. The van der Waals surface area contributed by atoms with Gasteiger partial charge in [0, 0.05) is 4.90 Å². The number of carbonyl (C=O) groups is 1. The van der Waals surface area contributed by atoms with Gasteiger partial charge in [0.05, 0.1) is 28.4 Å². The Labute approximate surface area is 177 Å². The normalized spacial score (nSPS) is 19.7. The summed E-state index contributed by atoms with van der Waals surface area (Å²) in [5.41, 5.74) is 1.93. The van der Waals surface area contributed by atoms with Crippen LogP contribution in [0.15, 0.2) is 95.3 Å². The average molecular weight is 419 g/mol. The van der Waals surface area contributed by atoms with Crippen LogP contribution in [0.1, 0.15) is 0 Å². The van der Waals surface area contributed by atoms with E-state index in [1.807, 2.05) is 71.3 Å². The SMILES string of the molecule is O=C(CSc1ncn(-c2ccccc2)n1)N1c2ccccc2S[C@H]2C=CC=C[C@H]21. The molecule has 2 aliphatic rings. The molecule has 0 saturated carbocycles. The number of allylic oxidation sites excluding steroid dienone is 2.